The number of hydrogen-bond donors (Lipinski definition) is 2. The minimum Gasteiger partial charge on any atom is -0.489 e. The molecule has 4 nitrogen and oxygen atoms in total. The Morgan fingerprint density at radius 3 is 2.67 bits per heavy atom. The van der Waals surface area contributed by atoms with Crippen LogP contribution < -0.4 is 10.5 Å². The first-order valence-electron chi connectivity index (χ1n) is 7.06. The second kappa shape index (κ2) is 8.15. The van der Waals surface area contributed by atoms with Crippen molar-refractivity contribution in [3.05, 3.63) is 59.4 Å². The molecule has 126 valence electrons. The molecule has 3 N–H and O–H groups in total. The SMILES string of the molecule is Cl.NC/C(=C\F)COc1ccc(-c2nc3ccc(Cl)cc3[nH]2)cc1. The summed E-state index contributed by atoms with van der Waals surface area (Å²) in [5.74, 6) is 1.39. The number of aromatic nitrogens is 2. The number of H-pyrrole nitrogens is 1. The number of ether oxygens (including phenoxy) is 1. The third-order valence-corrected chi connectivity index (χ3v) is 3.65. The van der Waals surface area contributed by atoms with Gasteiger partial charge in [-0.2, -0.15) is 0 Å². The Morgan fingerprint density at radius 1 is 1.25 bits per heavy atom. The number of halogens is 3. The lowest BCUT2D eigenvalue weighted by Crippen LogP contribution is -2.10. The van der Waals surface area contributed by atoms with Crippen LogP contribution >= 0.6 is 24.0 Å². The summed E-state index contributed by atoms with van der Waals surface area (Å²) in [7, 11) is 0. The lowest BCUT2D eigenvalue weighted by molar-refractivity contribution is 0.347. The highest BCUT2D eigenvalue weighted by Crippen LogP contribution is 2.24. The minimum absolute atomic E-state index is 0. The van der Waals surface area contributed by atoms with Gasteiger partial charge >= 0.3 is 0 Å². The molecule has 24 heavy (non-hydrogen) atoms. The first kappa shape index (κ1) is 18.3. The van der Waals surface area contributed by atoms with Crippen molar-refractivity contribution in [2.75, 3.05) is 13.2 Å². The number of hydrogen-bond acceptors (Lipinski definition) is 3. The number of rotatable bonds is 5. The van der Waals surface area contributed by atoms with Crippen molar-refractivity contribution < 1.29 is 9.13 Å². The van der Waals surface area contributed by atoms with Crippen molar-refractivity contribution in [1.29, 1.82) is 0 Å². The highest BCUT2D eigenvalue weighted by molar-refractivity contribution is 6.31. The molecular weight excluding hydrogens is 352 g/mol. The van der Waals surface area contributed by atoms with Crippen molar-refractivity contribution in [2.45, 2.75) is 0 Å². The van der Waals surface area contributed by atoms with Crippen molar-refractivity contribution in [2.24, 2.45) is 5.73 Å². The van der Waals surface area contributed by atoms with Gasteiger partial charge in [0.1, 0.15) is 18.2 Å². The fourth-order valence-corrected chi connectivity index (χ4v) is 2.31. The van der Waals surface area contributed by atoms with Crippen molar-refractivity contribution in [3.63, 3.8) is 0 Å². The zero-order valence-corrected chi connectivity index (χ0v) is 14.2. The van der Waals surface area contributed by atoms with Gasteiger partial charge in [-0.3, -0.25) is 0 Å². The molecule has 7 heteroatoms. The molecular formula is C17H16Cl2FN3O. The molecule has 1 aromatic heterocycles. The van der Waals surface area contributed by atoms with Crippen LogP contribution in [-0.4, -0.2) is 23.1 Å². The molecule has 0 unspecified atom stereocenters. The molecule has 2 aromatic carbocycles. The van der Waals surface area contributed by atoms with E-state index in [1.807, 2.05) is 36.4 Å². The van der Waals surface area contributed by atoms with E-state index in [2.05, 4.69) is 9.97 Å². The highest BCUT2D eigenvalue weighted by Gasteiger charge is 2.06. The number of aromatic amines is 1. The molecule has 0 aliphatic carbocycles. The zero-order chi connectivity index (χ0) is 16.2. The lowest BCUT2D eigenvalue weighted by atomic mass is 10.2. The van der Waals surface area contributed by atoms with Crippen molar-refractivity contribution >= 4 is 35.0 Å². The lowest BCUT2D eigenvalue weighted by Gasteiger charge is -2.07. The molecule has 0 amide bonds. The summed E-state index contributed by atoms with van der Waals surface area (Å²) in [4.78, 5) is 7.75. The fraction of sp³-hybridized carbons (Fsp3) is 0.118. The van der Waals surface area contributed by atoms with Crippen LogP contribution in [-0.2, 0) is 0 Å². The van der Waals surface area contributed by atoms with Crippen LogP contribution in [0.15, 0.2) is 54.4 Å². The summed E-state index contributed by atoms with van der Waals surface area (Å²) in [6.45, 7) is 0.269. The van der Waals surface area contributed by atoms with Crippen LogP contribution in [0.3, 0.4) is 0 Å². The first-order chi connectivity index (χ1) is 11.2. The van der Waals surface area contributed by atoms with Crippen LogP contribution in [0.1, 0.15) is 0 Å². The Balaban J connectivity index is 0.00000208. The third kappa shape index (κ3) is 4.06. The van der Waals surface area contributed by atoms with E-state index in [1.54, 1.807) is 6.07 Å². The molecule has 1 heterocycles. The normalized spacial score (nSPS) is 11.4. The molecule has 0 radical (unpaired) electrons. The number of nitrogens with two attached hydrogens (primary N) is 1. The minimum atomic E-state index is 0. The number of benzene rings is 2. The summed E-state index contributed by atoms with van der Waals surface area (Å²) >= 11 is 5.97. The van der Waals surface area contributed by atoms with E-state index in [1.165, 1.54) is 0 Å². The summed E-state index contributed by atoms with van der Waals surface area (Å²) in [5, 5.41) is 0.660. The van der Waals surface area contributed by atoms with Crippen LogP contribution in [0.25, 0.3) is 22.4 Å². The van der Waals surface area contributed by atoms with Crippen LogP contribution in [0.2, 0.25) is 5.02 Å². The molecule has 0 bridgehead atoms. The van der Waals surface area contributed by atoms with Crippen molar-refractivity contribution in [3.8, 4) is 17.1 Å². The molecule has 0 spiro atoms. The largest absolute Gasteiger partial charge is 0.489 e. The smallest absolute Gasteiger partial charge is 0.138 e. The van der Waals surface area contributed by atoms with E-state index in [-0.39, 0.29) is 25.6 Å². The summed E-state index contributed by atoms with van der Waals surface area (Å²) in [5.41, 5.74) is 8.45. The Kier molecular flexibility index (Phi) is 6.20. The Bertz CT molecular complexity index is 847. The maximum Gasteiger partial charge on any atom is 0.138 e. The maximum absolute atomic E-state index is 12.4. The van der Waals surface area contributed by atoms with Crippen LogP contribution in [0.4, 0.5) is 4.39 Å². The zero-order valence-electron chi connectivity index (χ0n) is 12.6. The predicted molar refractivity (Wildman–Crippen MR) is 97.5 cm³/mol. The fourth-order valence-electron chi connectivity index (χ4n) is 2.14. The van der Waals surface area contributed by atoms with Gasteiger partial charge in [0, 0.05) is 22.7 Å². The highest BCUT2D eigenvalue weighted by atomic mass is 35.5. The van der Waals surface area contributed by atoms with Gasteiger partial charge in [0.25, 0.3) is 0 Å². The van der Waals surface area contributed by atoms with Gasteiger partial charge in [0.2, 0.25) is 0 Å². The second-order valence-electron chi connectivity index (χ2n) is 5.03. The first-order valence-corrected chi connectivity index (χ1v) is 7.44. The van der Waals surface area contributed by atoms with Crippen LogP contribution in [0.5, 0.6) is 5.75 Å². The van der Waals surface area contributed by atoms with Gasteiger partial charge in [0.15, 0.2) is 0 Å². The van der Waals surface area contributed by atoms with Gasteiger partial charge < -0.3 is 15.5 Å². The summed E-state index contributed by atoms with van der Waals surface area (Å²) in [6, 6.07) is 12.9. The molecule has 0 fully saturated rings. The average Bonchev–Trinajstić information content (AvgIpc) is 2.99. The molecule has 0 saturated heterocycles. The topological polar surface area (TPSA) is 63.9 Å². The van der Waals surface area contributed by atoms with E-state index >= 15 is 0 Å². The standard InChI is InChI=1S/C17H15ClFN3O.ClH/c18-13-3-6-15-16(7-13)22-17(21-15)12-1-4-14(5-2-12)23-10-11(8-19)9-20;/h1-8H,9-10,20H2,(H,21,22);1H/b11-8+;. The van der Waals surface area contributed by atoms with Gasteiger partial charge in [-0.05, 0) is 42.5 Å². The number of nitrogens with one attached hydrogen (secondary N) is 1. The monoisotopic (exact) mass is 367 g/mol. The molecule has 0 aliphatic rings. The second-order valence-corrected chi connectivity index (χ2v) is 5.47. The van der Waals surface area contributed by atoms with E-state index in [0.29, 0.717) is 22.7 Å². The Labute approximate surface area is 149 Å². The van der Waals surface area contributed by atoms with Gasteiger partial charge in [-0.25, -0.2) is 9.37 Å². The Morgan fingerprint density at radius 2 is 2.00 bits per heavy atom. The maximum atomic E-state index is 12.4. The van der Waals surface area contributed by atoms with Gasteiger partial charge in [-0.1, -0.05) is 11.6 Å². The van der Waals surface area contributed by atoms with Gasteiger partial charge in [-0.15, -0.1) is 12.4 Å². The summed E-state index contributed by atoms with van der Waals surface area (Å²) in [6.07, 6.45) is 0.480. The van der Waals surface area contributed by atoms with E-state index < -0.39 is 0 Å². The summed E-state index contributed by atoms with van der Waals surface area (Å²) < 4.78 is 17.9. The van der Waals surface area contributed by atoms with E-state index in [4.69, 9.17) is 22.1 Å². The average molecular weight is 368 g/mol. The number of imidazole rings is 1. The molecule has 0 atom stereocenters. The van der Waals surface area contributed by atoms with Gasteiger partial charge in [0.05, 0.1) is 17.4 Å². The van der Waals surface area contributed by atoms with Crippen molar-refractivity contribution in [1.82, 2.24) is 9.97 Å². The molecule has 0 saturated carbocycles. The Hall–Kier alpha value is -2.08. The molecule has 3 aromatic rings. The number of fused-ring (bicyclic) bond motifs is 1. The quantitative estimate of drug-likeness (QED) is 0.697. The van der Waals surface area contributed by atoms with E-state index in [9.17, 15) is 4.39 Å². The predicted octanol–water partition coefficient (Wildman–Crippen LogP) is 4.50. The number of nitrogens with zero attached hydrogens (tertiary/aromatic N) is 1. The molecule has 3 rings (SSSR count). The van der Waals surface area contributed by atoms with Crippen LogP contribution in [0, 0.1) is 0 Å². The molecule has 0 aliphatic heterocycles. The van der Waals surface area contributed by atoms with E-state index in [0.717, 1.165) is 22.4 Å². The third-order valence-electron chi connectivity index (χ3n) is 3.41.